The molecule has 1 aliphatic rings. The molecule has 0 bridgehead atoms. The molecule has 2 N–H and O–H groups in total. The van der Waals surface area contributed by atoms with Crippen molar-refractivity contribution in [3.05, 3.63) is 17.3 Å². The lowest BCUT2D eigenvalue weighted by Crippen LogP contribution is -2.27. The van der Waals surface area contributed by atoms with Crippen LogP contribution >= 0.6 is 23.4 Å². The Morgan fingerprint density at radius 2 is 2.27 bits per heavy atom. The molecule has 0 aromatic carbocycles. The van der Waals surface area contributed by atoms with Crippen LogP contribution in [-0.4, -0.2) is 47.7 Å². The van der Waals surface area contributed by atoms with E-state index in [2.05, 4.69) is 26.8 Å². The molecule has 0 amide bonds. The van der Waals surface area contributed by atoms with E-state index < -0.39 is 12.2 Å². The third kappa shape index (κ3) is 2.79. The molecular weight excluding hydrogens is 324 g/mol. The SMILES string of the molecule is CCCC#Cc1nc(Cl)c2ncn([C@@H]3SC[C@@H](O)[C@H]3O)c2n1. The standard InChI is InChI=1S/C14H15ClN4O2S/c1-2-3-4-5-9-17-12(15)10-13(18-9)19(7-16-10)14-11(21)8(20)6-22-14/h7-8,11,14,20-21H,2-3,6H2,1H3/t8-,11-,14-/m1/s1. The predicted molar refractivity (Wildman–Crippen MR) is 85.6 cm³/mol. The van der Waals surface area contributed by atoms with E-state index in [1.54, 1.807) is 10.9 Å². The molecule has 2 aromatic heterocycles. The fraction of sp³-hybridized carbons (Fsp3) is 0.500. The van der Waals surface area contributed by atoms with Crippen LogP contribution in [0.25, 0.3) is 11.2 Å². The minimum absolute atomic E-state index is 0.239. The van der Waals surface area contributed by atoms with Crippen molar-refractivity contribution in [3.63, 3.8) is 0 Å². The first-order valence-corrected chi connectivity index (χ1v) is 8.41. The number of thioether (sulfide) groups is 1. The fourth-order valence-electron chi connectivity index (χ4n) is 2.22. The van der Waals surface area contributed by atoms with Gasteiger partial charge < -0.3 is 10.2 Å². The first-order valence-electron chi connectivity index (χ1n) is 6.98. The van der Waals surface area contributed by atoms with E-state index in [0.29, 0.717) is 22.7 Å². The Morgan fingerprint density at radius 3 is 2.95 bits per heavy atom. The van der Waals surface area contributed by atoms with Gasteiger partial charge in [-0.2, -0.15) is 0 Å². The highest BCUT2D eigenvalue weighted by atomic mass is 35.5. The predicted octanol–water partition coefficient (Wildman–Crippen LogP) is 1.60. The van der Waals surface area contributed by atoms with Gasteiger partial charge in [-0.3, -0.25) is 4.57 Å². The molecule has 0 spiro atoms. The Morgan fingerprint density at radius 1 is 1.45 bits per heavy atom. The Bertz CT molecular complexity index is 754. The molecule has 2 aromatic rings. The molecule has 22 heavy (non-hydrogen) atoms. The molecule has 0 aliphatic carbocycles. The van der Waals surface area contributed by atoms with E-state index in [4.69, 9.17) is 11.6 Å². The number of aliphatic hydroxyl groups is 2. The van der Waals surface area contributed by atoms with E-state index in [1.165, 1.54) is 11.8 Å². The van der Waals surface area contributed by atoms with Gasteiger partial charge in [-0.1, -0.05) is 24.4 Å². The van der Waals surface area contributed by atoms with Gasteiger partial charge in [0.2, 0.25) is 5.82 Å². The number of halogens is 1. The summed E-state index contributed by atoms with van der Waals surface area (Å²) in [5.41, 5.74) is 0.989. The van der Waals surface area contributed by atoms with Crippen LogP contribution in [0.4, 0.5) is 0 Å². The van der Waals surface area contributed by atoms with Gasteiger partial charge in [-0.05, 0) is 12.3 Å². The van der Waals surface area contributed by atoms with Crippen LogP contribution in [0, 0.1) is 11.8 Å². The van der Waals surface area contributed by atoms with Crippen LogP contribution in [0.3, 0.4) is 0 Å². The molecule has 6 nitrogen and oxygen atoms in total. The van der Waals surface area contributed by atoms with E-state index >= 15 is 0 Å². The summed E-state index contributed by atoms with van der Waals surface area (Å²) in [6, 6.07) is 0. The van der Waals surface area contributed by atoms with Crippen molar-refractivity contribution in [1.82, 2.24) is 19.5 Å². The minimum atomic E-state index is -0.870. The average Bonchev–Trinajstić information content (AvgIpc) is 3.05. The average molecular weight is 339 g/mol. The minimum Gasteiger partial charge on any atom is -0.389 e. The van der Waals surface area contributed by atoms with Crippen LogP contribution in [0.15, 0.2) is 6.33 Å². The Balaban J connectivity index is 2.04. The summed E-state index contributed by atoms with van der Waals surface area (Å²) >= 11 is 7.59. The maximum absolute atomic E-state index is 10.1. The van der Waals surface area contributed by atoms with Crippen molar-refractivity contribution in [2.24, 2.45) is 0 Å². The molecule has 0 unspecified atom stereocenters. The summed E-state index contributed by atoms with van der Waals surface area (Å²) in [5, 5.41) is 19.7. The molecule has 3 heterocycles. The topological polar surface area (TPSA) is 84.1 Å². The normalized spacial score (nSPS) is 24.5. The number of aliphatic hydroxyl groups excluding tert-OH is 2. The van der Waals surface area contributed by atoms with Crippen molar-refractivity contribution in [1.29, 1.82) is 0 Å². The van der Waals surface area contributed by atoms with E-state index in [1.807, 2.05) is 6.92 Å². The van der Waals surface area contributed by atoms with Crippen LogP contribution in [0.2, 0.25) is 5.15 Å². The highest BCUT2D eigenvalue weighted by Crippen LogP contribution is 2.38. The molecule has 0 saturated carbocycles. The highest BCUT2D eigenvalue weighted by molar-refractivity contribution is 7.99. The van der Waals surface area contributed by atoms with Crippen molar-refractivity contribution in [2.45, 2.75) is 37.3 Å². The van der Waals surface area contributed by atoms with Crippen LogP contribution < -0.4 is 0 Å². The van der Waals surface area contributed by atoms with Gasteiger partial charge in [0, 0.05) is 12.2 Å². The molecular formula is C14H15ClN4O2S. The fourth-order valence-corrected chi connectivity index (χ4v) is 3.72. The summed E-state index contributed by atoms with van der Waals surface area (Å²) in [5.74, 6) is 6.68. The Kier molecular flexibility index (Phi) is 4.54. The number of unbranched alkanes of at least 4 members (excludes halogenated alkanes) is 1. The third-order valence-electron chi connectivity index (χ3n) is 3.35. The second-order valence-corrected chi connectivity index (χ2v) is 6.50. The van der Waals surface area contributed by atoms with Crippen molar-refractivity contribution in [2.75, 3.05) is 5.75 Å². The number of aromatic nitrogens is 4. The molecule has 0 radical (unpaired) electrons. The van der Waals surface area contributed by atoms with Crippen LogP contribution in [0.5, 0.6) is 0 Å². The first-order chi connectivity index (χ1) is 10.6. The number of imidazole rings is 1. The largest absolute Gasteiger partial charge is 0.389 e. The van der Waals surface area contributed by atoms with Gasteiger partial charge in [0.1, 0.15) is 17.0 Å². The van der Waals surface area contributed by atoms with Gasteiger partial charge in [0.15, 0.2) is 10.8 Å². The highest BCUT2D eigenvalue weighted by Gasteiger charge is 2.36. The van der Waals surface area contributed by atoms with Gasteiger partial charge in [-0.15, -0.1) is 11.8 Å². The van der Waals surface area contributed by atoms with Gasteiger partial charge in [0.05, 0.1) is 12.4 Å². The number of fused-ring (bicyclic) bond motifs is 1. The second-order valence-electron chi connectivity index (χ2n) is 5.00. The summed E-state index contributed by atoms with van der Waals surface area (Å²) < 4.78 is 1.72. The lowest BCUT2D eigenvalue weighted by atomic mass is 10.2. The Hall–Kier alpha value is -1.33. The monoisotopic (exact) mass is 338 g/mol. The molecule has 3 atom stereocenters. The zero-order chi connectivity index (χ0) is 15.7. The third-order valence-corrected chi connectivity index (χ3v) is 5.00. The first kappa shape index (κ1) is 15.6. The van der Waals surface area contributed by atoms with E-state index in [0.717, 1.165) is 12.8 Å². The van der Waals surface area contributed by atoms with Crippen molar-refractivity contribution in [3.8, 4) is 11.8 Å². The van der Waals surface area contributed by atoms with E-state index in [-0.39, 0.29) is 10.5 Å². The van der Waals surface area contributed by atoms with Crippen molar-refractivity contribution >= 4 is 34.5 Å². The lowest BCUT2D eigenvalue weighted by Gasteiger charge is -2.17. The van der Waals surface area contributed by atoms with E-state index in [9.17, 15) is 10.2 Å². The number of hydrogen-bond donors (Lipinski definition) is 2. The maximum Gasteiger partial charge on any atom is 0.208 e. The lowest BCUT2D eigenvalue weighted by molar-refractivity contribution is 0.0313. The van der Waals surface area contributed by atoms with Crippen LogP contribution in [0.1, 0.15) is 31.0 Å². The Labute approximate surface area is 136 Å². The quantitative estimate of drug-likeness (QED) is 0.639. The van der Waals surface area contributed by atoms with Crippen LogP contribution in [-0.2, 0) is 0 Å². The number of hydrogen-bond acceptors (Lipinski definition) is 6. The maximum atomic E-state index is 10.1. The van der Waals surface area contributed by atoms with Crippen molar-refractivity contribution < 1.29 is 10.2 Å². The summed E-state index contributed by atoms with van der Waals surface area (Å²) in [7, 11) is 0. The summed E-state index contributed by atoms with van der Waals surface area (Å²) in [6.45, 7) is 2.05. The van der Waals surface area contributed by atoms with Gasteiger partial charge in [0.25, 0.3) is 0 Å². The molecule has 8 heteroatoms. The van der Waals surface area contributed by atoms with Gasteiger partial charge in [-0.25, -0.2) is 15.0 Å². The zero-order valence-corrected chi connectivity index (χ0v) is 13.5. The molecule has 1 fully saturated rings. The summed E-state index contributed by atoms with van der Waals surface area (Å²) in [6.07, 6.45) is 1.66. The molecule has 1 aliphatic heterocycles. The van der Waals surface area contributed by atoms with Gasteiger partial charge >= 0.3 is 0 Å². The zero-order valence-electron chi connectivity index (χ0n) is 11.9. The molecule has 3 rings (SSSR count). The number of rotatable bonds is 2. The smallest absolute Gasteiger partial charge is 0.208 e. The number of nitrogens with zero attached hydrogens (tertiary/aromatic N) is 4. The molecule has 1 saturated heterocycles. The second kappa shape index (κ2) is 6.42. The summed E-state index contributed by atoms with van der Waals surface area (Å²) in [4.78, 5) is 12.7. The molecule has 116 valence electrons.